The zero-order valence-corrected chi connectivity index (χ0v) is 18.8. The Morgan fingerprint density at radius 1 is 1.13 bits per heavy atom. The first-order chi connectivity index (χ1) is 14.3. The second-order valence-electron chi connectivity index (χ2n) is 7.24. The van der Waals surface area contributed by atoms with Crippen LogP contribution in [0.15, 0.2) is 47.4 Å². The molecule has 0 bridgehead atoms. The van der Waals surface area contributed by atoms with Gasteiger partial charge in [0.15, 0.2) is 0 Å². The molecule has 6 nitrogen and oxygen atoms in total. The van der Waals surface area contributed by atoms with Crippen molar-refractivity contribution < 1.29 is 17.9 Å². The van der Waals surface area contributed by atoms with Gasteiger partial charge in [0.25, 0.3) is 0 Å². The molecule has 0 aromatic heterocycles. The fraction of sp³-hybridized carbons (Fsp3) is 0.409. The van der Waals surface area contributed by atoms with E-state index in [-0.39, 0.29) is 35.6 Å². The summed E-state index contributed by atoms with van der Waals surface area (Å²) >= 11 is 6.03. The maximum Gasteiger partial charge on any atom is 0.246 e. The van der Waals surface area contributed by atoms with Crippen LogP contribution in [0.3, 0.4) is 0 Å². The van der Waals surface area contributed by atoms with E-state index in [1.54, 1.807) is 19.1 Å². The fourth-order valence-electron chi connectivity index (χ4n) is 3.52. The van der Waals surface area contributed by atoms with Crippen LogP contribution in [0.1, 0.15) is 32.3 Å². The van der Waals surface area contributed by atoms with Crippen molar-refractivity contribution in [3.05, 3.63) is 53.1 Å². The molecule has 162 valence electrons. The number of carbonyl (C=O) groups excluding carboxylic acids is 1. The smallest absolute Gasteiger partial charge is 0.246 e. The van der Waals surface area contributed by atoms with Gasteiger partial charge >= 0.3 is 0 Å². The van der Waals surface area contributed by atoms with Crippen molar-refractivity contribution in [3.8, 4) is 5.75 Å². The number of aryl methyl sites for hydroxylation is 1. The molecular formula is C22H27ClN2O4S. The van der Waals surface area contributed by atoms with E-state index in [9.17, 15) is 13.2 Å². The fourth-order valence-corrected chi connectivity index (χ4v) is 5.39. The zero-order chi connectivity index (χ0) is 21.7. The Labute approximate surface area is 183 Å². The Kier molecular flexibility index (Phi) is 7.39. The summed E-state index contributed by atoms with van der Waals surface area (Å²) in [5, 5.41) is 3.27. The Morgan fingerprint density at radius 2 is 1.80 bits per heavy atom. The van der Waals surface area contributed by atoms with Crippen LogP contribution in [0, 0.1) is 5.92 Å². The normalized spacial score (nSPS) is 15.7. The van der Waals surface area contributed by atoms with Gasteiger partial charge in [-0.05, 0) is 62.1 Å². The predicted octanol–water partition coefficient (Wildman–Crippen LogP) is 4.34. The van der Waals surface area contributed by atoms with Crippen molar-refractivity contribution in [3.63, 3.8) is 0 Å². The van der Waals surface area contributed by atoms with Gasteiger partial charge in [0, 0.05) is 29.7 Å². The largest absolute Gasteiger partial charge is 0.492 e. The minimum atomic E-state index is -3.76. The first kappa shape index (κ1) is 22.6. The average Bonchev–Trinajstić information content (AvgIpc) is 2.75. The molecule has 3 rings (SSSR count). The van der Waals surface area contributed by atoms with Gasteiger partial charge in [-0.25, -0.2) is 8.42 Å². The maximum absolute atomic E-state index is 13.1. The minimum Gasteiger partial charge on any atom is -0.492 e. The highest BCUT2D eigenvalue weighted by molar-refractivity contribution is 7.89. The van der Waals surface area contributed by atoms with Crippen LogP contribution in [0.5, 0.6) is 5.75 Å². The number of amides is 1. The lowest BCUT2D eigenvalue weighted by atomic mass is 9.97. The van der Waals surface area contributed by atoms with E-state index in [1.165, 1.54) is 15.9 Å². The number of benzene rings is 2. The quantitative estimate of drug-likeness (QED) is 0.680. The van der Waals surface area contributed by atoms with E-state index in [2.05, 4.69) is 12.2 Å². The van der Waals surface area contributed by atoms with Crippen LogP contribution < -0.4 is 10.1 Å². The Bertz CT molecular complexity index is 985. The summed E-state index contributed by atoms with van der Waals surface area (Å²) in [5.41, 5.74) is 1.96. The van der Waals surface area contributed by atoms with Crippen molar-refractivity contribution in [2.75, 3.05) is 25.0 Å². The number of nitrogens with zero attached hydrogens (tertiary/aromatic N) is 1. The van der Waals surface area contributed by atoms with Crippen LogP contribution in [-0.4, -0.2) is 38.3 Å². The lowest BCUT2D eigenvalue weighted by molar-refractivity contribution is -0.120. The van der Waals surface area contributed by atoms with E-state index in [1.807, 2.05) is 24.3 Å². The van der Waals surface area contributed by atoms with Crippen molar-refractivity contribution in [2.24, 2.45) is 5.92 Å². The van der Waals surface area contributed by atoms with Crippen molar-refractivity contribution in [2.45, 2.75) is 38.0 Å². The highest BCUT2D eigenvalue weighted by Crippen LogP contribution is 2.32. The molecule has 1 aliphatic heterocycles. The molecule has 0 atom stereocenters. The number of hydrogen-bond acceptors (Lipinski definition) is 4. The van der Waals surface area contributed by atoms with Crippen molar-refractivity contribution in [1.82, 2.24) is 4.31 Å². The first-order valence-corrected chi connectivity index (χ1v) is 12.0. The zero-order valence-electron chi connectivity index (χ0n) is 17.2. The highest BCUT2D eigenvalue weighted by atomic mass is 35.5. The van der Waals surface area contributed by atoms with Crippen molar-refractivity contribution in [1.29, 1.82) is 0 Å². The molecule has 2 aromatic rings. The summed E-state index contributed by atoms with van der Waals surface area (Å²) in [4.78, 5) is 12.7. The van der Waals surface area contributed by atoms with E-state index < -0.39 is 10.0 Å². The number of sulfonamides is 1. The van der Waals surface area contributed by atoms with Crippen LogP contribution >= 0.6 is 11.6 Å². The summed E-state index contributed by atoms with van der Waals surface area (Å²) < 4.78 is 33.2. The van der Waals surface area contributed by atoms with Gasteiger partial charge in [-0.3, -0.25) is 4.79 Å². The lowest BCUT2D eigenvalue weighted by Crippen LogP contribution is -2.41. The molecule has 1 amide bonds. The summed E-state index contributed by atoms with van der Waals surface area (Å²) in [6.07, 6.45) is 1.87. The number of nitrogens with one attached hydrogen (secondary N) is 1. The second kappa shape index (κ2) is 9.81. The number of anilines is 1. The summed E-state index contributed by atoms with van der Waals surface area (Å²) in [5.74, 6) is -0.0145. The molecule has 1 aliphatic rings. The standard InChI is InChI=1S/C22H27ClN2O4S/c1-3-16-5-8-19(9-6-16)24-22(26)17-11-13-25(14-12-17)30(27,28)21-15-18(23)7-10-20(21)29-4-2/h5-10,15,17H,3-4,11-14H2,1-2H3,(H,24,26). The summed E-state index contributed by atoms with van der Waals surface area (Å²) in [6, 6.07) is 12.4. The van der Waals surface area contributed by atoms with Gasteiger partial charge in [-0.1, -0.05) is 30.7 Å². The van der Waals surface area contributed by atoms with E-state index in [0.29, 0.717) is 24.5 Å². The van der Waals surface area contributed by atoms with Gasteiger partial charge in [0.2, 0.25) is 15.9 Å². The average molecular weight is 451 g/mol. The summed E-state index contributed by atoms with van der Waals surface area (Å²) in [7, 11) is -3.76. The van der Waals surface area contributed by atoms with Crippen LogP contribution in [0.25, 0.3) is 0 Å². The molecule has 0 radical (unpaired) electrons. The first-order valence-electron chi connectivity index (χ1n) is 10.2. The molecule has 1 saturated heterocycles. The van der Waals surface area contributed by atoms with Gasteiger partial charge in [-0.15, -0.1) is 0 Å². The third kappa shape index (κ3) is 5.14. The monoisotopic (exact) mass is 450 g/mol. The van der Waals surface area contributed by atoms with Crippen LogP contribution in [0.2, 0.25) is 5.02 Å². The number of piperidine rings is 1. The van der Waals surface area contributed by atoms with E-state index in [0.717, 1.165) is 12.1 Å². The molecule has 0 aliphatic carbocycles. The van der Waals surface area contributed by atoms with Gasteiger partial charge < -0.3 is 10.1 Å². The third-order valence-electron chi connectivity index (χ3n) is 5.28. The van der Waals surface area contributed by atoms with Crippen LogP contribution in [-0.2, 0) is 21.2 Å². The molecule has 0 unspecified atom stereocenters. The predicted molar refractivity (Wildman–Crippen MR) is 119 cm³/mol. The van der Waals surface area contributed by atoms with Crippen LogP contribution in [0.4, 0.5) is 5.69 Å². The van der Waals surface area contributed by atoms with Gasteiger partial charge in [0.1, 0.15) is 10.6 Å². The minimum absolute atomic E-state index is 0.0655. The molecule has 30 heavy (non-hydrogen) atoms. The Balaban J connectivity index is 1.65. The molecule has 0 saturated carbocycles. The second-order valence-corrected chi connectivity index (χ2v) is 9.58. The SMILES string of the molecule is CCOc1ccc(Cl)cc1S(=O)(=O)N1CCC(C(=O)Nc2ccc(CC)cc2)CC1. The van der Waals surface area contributed by atoms with E-state index >= 15 is 0 Å². The molecule has 0 spiro atoms. The number of hydrogen-bond donors (Lipinski definition) is 1. The number of halogens is 1. The number of rotatable bonds is 7. The molecule has 1 heterocycles. The lowest BCUT2D eigenvalue weighted by Gasteiger charge is -2.31. The summed E-state index contributed by atoms with van der Waals surface area (Å²) in [6.45, 7) is 4.77. The van der Waals surface area contributed by atoms with Gasteiger partial charge in [0.05, 0.1) is 6.61 Å². The number of ether oxygens (including phenoxy) is 1. The molecule has 1 N–H and O–H groups in total. The van der Waals surface area contributed by atoms with E-state index in [4.69, 9.17) is 16.3 Å². The highest BCUT2D eigenvalue weighted by Gasteiger charge is 2.34. The molecule has 2 aromatic carbocycles. The molecule has 1 fully saturated rings. The number of carbonyl (C=O) groups is 1. The molecular weight excluding hydrogens is 424 g/mol. The third-order valence-corrected chi connectivity index (χ3v) is 7.43. The topological polar surface area (TPSA) is 75.7 Å². The van der Waals surface area contributed by atoms with Gasteiger partial charge in [-0.2, -0.15) is 4.31 Å². The molecule has 8 heteroatoms. The van der Waals surface area contributed by atoms with Crippen molar-refractivity contribution >= 4 is 33.2 Å². The maximum atomic E-state index is 13.1. The Morgan fingerprint density at radius 3 is 2.40 bits per heavy atom. The Hall–Kier alpha value is -2.09.